The van der Waals surface area contributed by atoms with Crippen LogP contribution in [0.2, 0.25) is 0 Å². The zero-order valence-electron chi connectivity index (χ0n) is 10.2. The van der Waals surface area contributed by atoms with E-state index in [1.165, 1.54) is 18.5 Å². The Morgan fingerprint density at radius 2 is 2.47 bits per heavy atom. The first-order chi connectivity index (χ1) is 8.33. The highest BCUT2D eigenvalue weighted by Crippen LogP contribution is 2.19. The fourth-order valence-corrected chi connectivity index (χ4v) is 2.33. The van der Waals surface area contributed by atoms with Crippen molar-refractivity contribution in [3.05, 3.63) is 24.0 Å². The maximum absolute atomic E-state index is 5.81. The Morgan fingerprint density at radius 3 is 3.12 bits per heavy atom. The van der Waals surface area contributed by atoms with E-state index in [4.69, 9.17) is 16.3 Å². The topological polar surface area (TPSA) is 25.4 Å². The smallest absolute Gasteiger partial charge is 0.0750 e. The first kappa shape index (κ1) is 12.7. The van der Waals surface area contributed by atoms with Crippen molar-refractivity contribution in [3.8, 4) is 0 Å². The minimum absolute atomic E-state index is 0.377. The lowest BCUT2D eigenvalue weighted by atomic mass is 10.2. The number of hydrogen-bond donors (Lipinski definition) is 0. The largest absolute Gasteiger partial charge is 0.376 e. The summed E-state index contributed by atoms with van der Waals surface area (Å²) in [4.78, 5) is 6.54. The zero-order valence-corrected chi connectivity index (χ0v) is 11.0. The van der Waals surface area contributed by atoms with Gasteiger partial charge < -0.3 is 9.64 Å². The molecular formula is C13H19ClN2O. The van der Waals surface area contributed by atoms with Gasteiger partial charge in [0.2, 0.25) is 0 Å². The van der Waals surface area contributed by atoms with Crippen LogP contribution in [0.15, 0.2) is 18.3 Å². The number of nitrogens with zero attached hydrogens (tertiary/aromatic N) is 2. The molecule has 1 atom stereocenters. The molecule has 0 N–H and O–H groups in total. The highest BCUT2D eigenvalue weighted by Gasteiger charge is 2.18. The lowest BCUT2D eigenvalue weighted by Gasteiger charge is -2.26. The van der Waals surface area contributed by atoms with Crippen LogP contribution in [0.3, 0.4) is 0 Å². The van der Waals surface area contributed by atoms with E-state index in [1.54, 1.807) is 0 Å². The molecule has 1 aliphatic heterocycles. The Labute approximate surface area is 108 Å². The number of pyridine rings is 1. The number of likely N-dealkylation sites (N-methyl/N-ethyl adjacent to an activating group) is 1. The molecule has 0 spiro atoms. The molecule has 4 heteroatoms. The van der Waals surface area contributed by atoms with Gasteiger partial charge in [-0.05, 0) is 31.9 Å². The molecule has 2 heterocycles. The van der Waals surface area contributed by atoms with Gasteiger partial charge in [0.25, 0.3) is 0 Å². The molecule has 1 saturated heterocycles. The Morgan fingerprint density at radius 1 is 1.59 bits per heavy atom. The lowest BCUT2D eigenvalue weighted by molar-refractivity contribution is 0.115. The Bertz CT molecular complexity index is 353. The van der Waals surface area contributed by atoms with Crippen LogP contribution in [0.4, 0.5) is 5.69 Å². The van der Waals surface area contributed by atoms with Gasteiger partial charge in [0, 0.05) is 31.6 Å². The number of ether oxygens (including phenoxy) is 1. The molecule has 1 aliphatic rings. The van der Waals surface area contributed by atoms with Gasteiger partial charge in [0.1, 0.15) is 0 Å². The summed E-state index contributed by atoms with van der Waals surface area (Å²) in [7, 11) is 0. The van der Waals surface area contributed by atoms with Crippen molar-refractivity contribution in [2.24, 2.45) is 0 Å². The summed E-state index contributed by atoms with van der Waals surface area (Å²) < 4.78 is 5.68. The number of alkyl halides is 1. The predicted octanol–water partition coefficient (Wildman–Crippen LogP) is 2.83. The molecule has 3 nitrogen and oxygen atoms in total. The predicted molar refractivity (Wildman–Crippen MR) is 70.7 cm³/mol. The molecule has 2 rings (SSSR count). The van der Waals surface area contributed by atoms with E-state index in [1.807, 2.05) is 12.3 Å². The highest BCUT2D eigenvalue weighted by molar-refractivity contribution is 6.16. The van der Waals surface area contributed by atoms with Gasteiger partial charge in [-0.3, -0.25) is 4.98 Å². The van der Waals surface area contributed by atoms with Gasteiger partial charge in [-0.2, -0.15) is 0 Å². The third kappa shape index (κ3) is 3.33. The number of anilines is 1. The number of halogens is 1. The van der Waals surface area contributed by atoms with Crippen molar-refractivity contribution < 1.29 is 4.74 Å². The fourth-order valence-electron chi connectivity index (χ4n) is 2.19. The van der Waals surface area contributed by atoms with E-state index in [-0.39, 0.29) is 0 Å². The van der Waals surface area contributed by atoms with Gasteiger partial charge in [0.05, 0.1) is 17.7 Å². The minimum Gasteiger partial charge on any atom is -0.376 e. The molecule has 1 fully saturated rings. The van der Waals surface area contributed by atoms with Crippen LogP contribution in [0.25, 0.3) is 0 Å². The summed E-state index contributed by atoms with van der Waals surface area (Å²) in [5.74, 6) is 0.464. The van der Waals surface area contributed by atoms with Gasteiger partial charge in [0.15, 0.2) is 0 Å². The SMILES string of the molecule is CCN(CC1CCCO1)c1ccnc(CCl)c1. The summed E-state index contributed by atoms with van der Waals surface area (Å²) in [6.45, 7) is 5.01. The second-order valence-corrected chi connectivity index (χ2v) is 4.58. The molecule has 0 bridgehead atoms. The monoisotopic (exact) mass is 254 g/mol. The average molecular weight is 255 g/mol. The summed E-state index contributed by atoms with van der Waals surface area (Å²) in [6, 6.07) is 4.10. The van der Waals surface area contributed by atoms with Crippen LogP contribution >= 0.6 is 11.6 Å². The first-order valence-corrected chi connectivity index (χ1v) is 6.74. The lowest BCUT2D eigenvalue weighted by Crippen LogP contribution is -2.32. The molecule has 1 aromatic rings. The van der Waals surface area contributed by atoms with Gasteiger partial charge >= 0.3 is 0 Å². The maximum atomic E-state index is 5.81. The highest BCUT2D eigenvalue weighted by atomic mass is 35.5. The Hall–Kier alpha value is -0.800. The molecule has 0 saturated carbocycles. The summed E-state index contributed by atoms with van der Waals surface area (Å²) in [6.07, 6.45) is 4.56. The molecule has 0 amide bonds. The zero-order chi connectivity index (χ0) is 12.1. The molecule has 0 radical (unpaired) electrons. The van der Waals surface area contributed by atoms with Crippen LogP contribution in [0, 0.1) is 0 Å². The molecule has 0 aromatic carbocycles. The Kier molecular flexibility index (Phi) is 4.63. The van der Waals surface area contributed by atoms with Crippen molar-refractivity contribution >= 4 is 17.3 Å². The molecule has 17 heavy (non-hydrogen) atoms. The molecule has 1 aromatic heterocycles. The molecule has 94 valence electrons. The van der Waals surface area contributed by atoms with Crippen molar-refractivity contribution in [1.29, 1.82) is 0 Å². The first-order valence-electron chi connectivity index (χ1n) is 6.21. The van der Waals surface area contributed by atoms with Crippen molar-refractivity contribution in [2.75, 3.05) is 24.6 Å². The van der Waals surface area contributed by atoms with Gasteiger partial charge in [-0.1, -0.05) is 0 Å². The van der Waals surface area contributed by atoms with E-state index in [2.05, 4.69) is 22.9 Å². The summed E-state index contributed by atoms with van der Waals surface area (Å²) in [5, 5.41) is 0. The van der Waals surface area contributed by atoms with Gasteiger partial charge in [-0.25, -0.2) is 0 Å². The van der Waals surface area contributed by atoms with Crippen LogP contribution in [0.5, 0.6) is 0 Å². The van der Waals surface area contributed by atoms with Crippen LogP contribution < -0.4 is 4.90 Å². The second-order valence-electron chi connectivity index (χ2n) is 4.31. The standard InChI is InChI=1S/C13H19ClN2O/c1-2-16(10-13-4-3-7-17-13)12-5-6-15-11(8-12)9-14/h5-6,8,13H,2-4,7,9-10H2,1H3. The van der Waals surface area contributed by atoms with Crippen molar-refractivity contribution in [1.82, 2.24) is 4.98 Å². The third-order valence-electron chi connectivity index (χ3n) is 3.13. The van der Waals surface area contributed by atoms with Gasteiger partial charge in [-0.15, -0.1) is 11.6 Å². The van der Waals surface area contributed by atoms with E-state index < -0.39 is 0 Å². The van der Waals surface area contributed by atoms with E-state index in [0.717, 1.165) is 25.4 Å². The van der Waals surface area contributed by atoms with Crippen LogP contribution in [0.1, 0.15) is 25.5 Å². The molecule has 0 aliphatic carbocycles. The fraction of sp³-hybridized carbons (Fsp3) is 0.615. The number of rotatable bonds is 5. The van der Waals surface area contributed by atoms with Crippen molar-refractivity contribution in [2.45, 2.75) is 31.7 Å². The molecular weight excluding hydrogens is 236 g/mol. The maximum Gasteiger partial charge on any atom is 0.0750 e. The normalized spacial score (nSPS) is 19.5. The number of hydrogen-bond acceptors (Lipinski definition) is 3. The Balaban J connectivity index is 2.04. The minimum atomic E-state index is 0.377. The van der Waals surface area contributed by atoms with Crippen molar-refractivity contribution in [3.63, 3.8) is 0 Å². The summed E-state index contributed by atoms with van der Waals surface area (Å²) >= 11 is 5.81. The second kappa shape index (κ2) is 6.22. The third-order valence-corrected chi connectivity index (χ3v) is 3.41. The van der Waals surface area contributed by atoms with Crippen LogP contribution in [-0.2, 0) is 10.6 Å². The summed E-state index contributed by atoms with van der Waals surface area (Å²) in [5.41, 5.74) is 2.11. The van der Waals surface area contributed by atoms with E-state index >= 15 is 0 Å². The van der Waals surface area contributed by atoms with E-state index in [9.17, 15) is 0 Å². The quantitative estimate of drug-likeness (QED) is 0.756. The molecule has 1 unspecified atom stereocenters. The number of aromatic nitrogens is 1. The van der Waals surface area contributed by atoms with Crippen LogP contribution in [-0.4, -0.2) is 30.8 Å². The average Bonchev–Trinajstić information content (AvgIpc) is 2.89. The van der Waals surface area contributed by atoms with E-state index in [0.29, 0.717) is 12.0 Å².